The average Bonchev–Trinajstić information content (AvgIpc) is 2.39. The van der Waals surface area contributed by atoms with Crippen LogP contribution in [0.3, 0.4) is 0 Å². The van der Waals surface area contributed by atoms with Crippen molar-refractivity contribution in [1.29, 1.82) is 0 Å². The minimum atomic E-state index is 0.0274. The second-order valence-electron chi connectivity index (χ2n) is 4.40. The number of rotatable bonds is 8. The normalized spacial score (nSPS) is 10.2. The summed E-state index contributed by atoms with van der Waals surface area (Å²) >= 11 is 1.82. The zero-order valence-electron chi connectivity index (χ0n) is 11.6. The average molecular weight is 279 g/mol. The van der Waals surface area contributed by atoms with Crippen molar-refractivity contribution in [3.8, 4) is 0 Å². The molecule has 0 radical (unpaired) electrons. The monoisotopic (exact) mass is 279 g/mol. The molecule has 0 aliphatic carbocycles. The van der Waals surface area contributed by atoms with Crippen LogP contribution in [0, 0.1) is 0 Å². The Morgan fingerprint density at radius 3 is 2.42 bits per heavy atom. The van der Waals surface area contributed by atoms with Crippen molar-refractivity contribution in [3.63, 3.8) is 0 Å². The van der Waals surface area contributed by atoms with Crippen molar-refractivity contribution in [2.24, 2.45) is 0 Å². The van der Waals surface area contributed by atoms with Gasteiger partial charge in [0.05, 0.1) is 0 Å². The van der Waals surface area contributed by atoms with Crippen molar-refractivity contribution in [1.82, 2.24) is 0 Å². The Labute approximate surface area is 119 Å². The lowest BCUT2D eigenvalue weighted by Crippen LogP contribution is -2.12. The van der Waals surface area contributed by atoms with E-state index in [1.54, 1.807) is 24.3 Å². The third-order valence-corrected chi connectivity index (χ3v) is 3.76. The topological polar surface area (TPSA) is 46.2 Å². The molecule has 4 heteroatoms. The second-order valence-corrected chi connectivity index (χ2v) is 5.62. The highest BCUT2D eigenvalue weighted by Gasteiger charge is 2.03. The van der Waals surface area contributed by atoms with E-state index in [0.29, 0.717) is 12.0 Å². The molecule has 0 aromatic heterocycles. The number of unbranched alkanes of at least 4 members (excludes halogenated alkanes) is 1. The van der Waals surface area contributed by atoms with Gasteiger partial charge in [0.1, 0.15) is 0 Å². The molecule has 0 saturated heterocycles. The fourth-order valence-corrected chi connectivity index (χ4v) is 2.55. The van der Waals surface area contributed by atoms with Crippen molar-refractivity contribution in [2.45, 2.75) is 33.1 Å². The van der Waals surface area contributed by atoms with Crippen molar-refractivity contribution >= 4 is 29.1 Å². The highest BCUT2D eigenvalue weighted by atomic mass is 32.2. The molecule has 1 rings (SSSR count). The Bertz CT molecular complexity index is 415. The van der Waals surface area contributed by atoms with Crippen LogP contribution in [0.2, 0.25) is 0 Å². The molecule has 104 valence electrons. The first-order valence-corrected chi connectivity index (χ1v) is 7.77. The van der Waals surface area contributed by atoms with E-state index < -0.39 is 0 Å². The van der Waals surface area contributed by atoms with Crippen LogP contribution in [0.5, 0.6) is 0 Å². The Kier molecular flexibility index (Phi) is 7.26. The minimum absolute atomic E-state index is 0.0274. The Balaban J connectivity index is 2.30. The molecule has 0 aliphatic rings. The summed E-state index contributed by atoms with van der Waals surface area (Å²) in [4.78, 5) is 22.8. The van der Waals surface area contributed by atoms with E-state index in [-0.39, 0.29) is 11.7 Å². The quantitative estimate of drug-likeness (QED) is 0.582. The summed E-state index contributed by atoms with van der Waals surface area (Å²) in [6, 6.07) is 6.99. The number of benzene rings is 1. The fraction of sp³-hybridized carbons (Fsp3) is 0.467. The van der Waals surface area contributed by atoms with Gasteiger partial charge in [-0.3, -0.25) is 9.59 Å². The van der Waals surface area contributed by atoms with E-state index in [4.69, 9.17) is 0 Å². The van der Waals surface area contributed by atoms with Gasteiger partial charge in [0.25, 0.3) is 0 Å². The van der Waals surface area contributed by atoms with Crippen LogP contribution in [0.1, 0.15) is 43.5 Å². The fourth-order valence-electron chi connectivity index (χ4n) is 1.53. The maximum absolute atomic E-state index is 11.7. The number of amides is 1. The van der Waals surface area contributed by atoms with Crippen LogP contribution in [0.4, 0.5) is 5.69 Å². The van der Waals surface area contributed by atoms with Crippen molar-refractivity contribution < 1.29 is 9.59 Å². The molecule has 0 fully saturated rings. The molecular weight excluding hydrogens is 258 g/mol. The smallest absolute Gasteiger partial charge is 0.225 e. The first-order chi connectivity index (χ1) is 9.13. The zero-order chi connectivity index (χ0) is 14.1. The number of ketones is 1. The van der Waals surface area contributed by atoms with Gasteiger partial charge in [0.15, 0.2) is 5.78 Å². The number of Topliss-reactive ketones (excluding diaryl/α,β-unsaturated/α-hetero) is 1. The van der Waals surface area contributed by atoms with E-state index in [0.717, 1.165) is 17.2 Å². The number of hydrogen-bond donors (Lipinski definition) is 1. The molecule has 0 spiro atoms. The highest BCUT2D eigenvalue weighted by molar-refractivity contribution is 7.99. The number of thioether (sulfide) groups is 1. The molecule has 0 saturated carbocycles. The summed E-state index contributed by atoms with van der Waals surface area (Å²) in [6.07, 6.45) is 2.93. The van der Waals surface area contributed by atoms with Gasteiger partial charge in [-0.15, -0.1) is 0 Å². The SMILES string of the molecule is CCCCSCCC(=O)Nc1ccc(C(C)=O)cc1. The maximum Gasteiger partial charge on any atom is 0.225 e. The molecule has 1 amide bonds. The predicted octanol–water partition coefficient (Wildman–Crippen LogP) is 3.75. The van der Waals surface area contributed by atoms with Crippen LogP contribution < -0.4 is 5.32 Å². The molecule has 0 atom stereocenters. The molecule has 1 aromatic carbocycles. The van der Waals surface area contributed by atoms with E-state index in [9.17, 15) is 9.59 Å². The molecule has 3 nitrogen and oxygen atoms in total. The van der Waals surface area contributed by atoms with Crippen LogP contribution >= 0.6 is 11.8 Å². The Hall–Kier alpha value is -1.29. The lowest BCUT2D eigenvalue weighted by molar-refractivity contribution is -0.115. The van der Waals surface area contributed by atoms with Crippen LogP contribution in [0.25, 0.3) is 0 Å². The van der Waals surface area contributed by atoms with Crippen LogP contribution in [-0.4, -0.2) is 23.2 Å². The van der Waals surface area contributed by atoms with Gasteiger partial charge in [-0.1, -0.05) is 13.3 Å². The summed E-state index contributed by atoms with van der Waals surface area (Å²) in [5.74, 6) is 2.04. The van der Waals surface area contributed by atoms with Gasteiger partial charge in [-0.05, 0) is 43.4 Å². The number of hydrogen-bond acceptors (Lipinski definition) is 3. The van der Waals surface area contributed by atoms with Gasteiger partial charge in [-0.2, -0.15) is 11.8 Å². The predicted molar refractivity (Wildman–Crippen MR) is 81.9 cm³/mol. The largest absolute Gasteiger partial charge is 0.326 e. The van der Waals surface area contributed by atoms with Gasteiger partial charge in [0, 0.05) is 23.4 Å². The zero-order valence-corrected chi connectivity index (χ0v) is 12.4. The Morgan fingerprint density at radius 1 is 1.16 bits per heavy atom. The lowest BCUT2D eigenvalue weighted by Gasteiger charge is -2.05. The second kappa shape index (κ2) is 8.75. The third-order valence-electron chi connectivity index (χ3n) is 2.69. The first kappa shape index (κ1) is 15.8. The summed E-state index contributed by atoms with van der Waals surface area (Å²) in [7, 11) is 0. The van der Waals surface area contributed by atoms with E-state index in [2.05, 4.69) is 12.2 Å². The number of anilines is 1. The molecule has 0 aliphatic heterocycles. The molecule has 0 bridgehead atoms. The molecule has 0 unspecified atom stereocenters. The standard InChI is InChI=1S/C15H21NO2S/c1-3-4-10-19-11-9-15(18)16-14-7-5-13(6-8-14)12(2)17/h5-8H,3-4,9-11H2,1-2H3,(H,16,18). The summed E-state index contributed by atoms with van der Waals surface area (Å²) in [5, 5.41) is 2.84. The molecule has 1 N–H and O–H groups in total. The van der Waals surface area contributed by atoms with E-state index in [1.165, 1.54) is 19.8 Å². The summed E-state index contributed by atoms with van der Waals surface area (Å²) in [6.45, 7) is 3.69. The highest BCUT2D eigenvalue weighted by Crippen LogP contribution is 2.11. The Morgan fingerprint density at radius 2 is 1.84 bits per heavy atom. The van der Waals surface area contributed by atoms with Gasteiger partial charge >= 0.3 is 0 Å². The molecule has 1 aromatic rings. The van der Waals surface area contributed by atoms with E-state index >= 15 is 0 Å². The van der Waals surface area contributed by atoms with Crippen molar-refractivity contribution in [3.05, 3.63) is 29.8 Å². The third kappa shape index (κ3) is 6.43. The lowest BCUT2D eigenvalue weighted by atomic mass is 10.1. The van der Waals surface area contributed by atoms with Gasteiger partial charge in [0.2, 0.25) is 5.91 Å². The van der Waals surface area contributed by atoms with E-state index in [1.807, 2.05) is 11.8 Å². The summed E-state index contributed by atoms with van der Waals surface area (Å²) in [5.41, 5.74) is 1.40. The van der Waals surface area contributed by atoms with Gasteiger partial charge < -0.3 is 5.32 Å². The minimum Gasteiger partial charge on any atom is -0.326 e. The molecule has 19 heavy (non-hydrogen) atoms. The van der Waals surface area contributed by atoms with Crippen LogP contribution in [-0.2, 0) is 4.79 Å². The summed E-state index contributed by atoms with van der Waals surface area (Å²) < 4.78 is 0. The maximum atomic E-state index is 11.7. The molecule has 0 heterocycles. The van der Waals surface area contributed by atoms with Crippen molar-refractivity contribution in [2.75, 3.05) is 16.8 Å². The number of carbonyl (C=O) groups is 2. The van der Waals surface area contributed by atoms with Gasteiger partial charge in [-0.25, -0.2) is 0 Å². The van der Waals surface area contributed by atoms with Crippen LogP contribution in [0.15, 0.2) is 24.3 Å². The first-order valence-electron chi connectivity index (χ1n) is 6.62. The molecular formula is C15H21NO2S. The number of nitrogens with one attached hydrogen (secondary N) is 1. The number of carbonyl (C=O) groups excluding carboxylic acids is 2.